The van der Waals surface area contributed by atoms with Crippen LogP contribution < -0.4 is 10.1 Å². The number of rotatable bonds is 3. The van der Waals surface area contributed by atoms with Crippen molar-refractivity contribution < 1.29 is 22.7 Å². The fourth-order valence-electron chi connectivity index (χ4n) is 3.57. The molecule has 0 unspecified atom stereocenters. The number of fused-ring (bicyclic) bond motifs is 1. The van der Waals surface area contributed by atoms with Crippen LogP contribution in [0.15, 0.2) is 48.5 Å². The van der Waals surface area contributed by atoms with Crippen LogP contribution in [0, 0.1) is 5.92 Å². The molecule has 6 heteroatoms. The average molecular weight is 349 g/mol. The van der Waals surface area contributed by atoms with Gasteiger partial charge in [-0.2, -0.15) is 13.2 Å². The highest BCUT2D eigenvalue weighted by Crippen LogP contribution is 2.49. The second-order valence-electron chi connectivity index (χ2n) is 6.19. The van der Waals surface area contributed by atoms with Gasteiger partial charge in [0.1, 0.15) is 5.75 Å². The normalized spacial score (nSPS) is 22.4. The lowest BCUT2D eigenvalue weighted by molar-refractivity contribution is -0.174. The summed E-state index contributed by atoms with van der Waals surface area (Å²) in [5.41, 5.74) is 2.58. The Morgan fingerprint density at radius 2 is 1.76 bits per heavy atom. The number of alkyl halides is 3. The number of benzene rings is 2. The lowest BCUT2D eigenvalue weighted by Crippen LogP contribution is -2.40. The van der Waals surface area contributed by atoms with Gasteiger partial charge in [-0.25, -0.2) is 0 Å². The molecule has 3 nitrogen and oxygen atoms in total. The van der Waals surface area contributed by atoms with Crippen LogP contribution in [0.25, 0.3) is 0 Å². The van der Waals surface area contributed by atoms with Crippen LogP contribution in [0.1, 0.15) is 35.6 Å². The van der Waals surface area contributed by atoms with Gasteiger partial charge in [-0.3, -0.25) is 4.79 Å². The number of hydrogen-bond donors (Lipinski definition) is 1. The van der Waals surface area contributed by atoms with Crippen molar-refractivity contribution in [3.05, 3.63) is 65.2 Å². The Kier molecular flexibility index (Phi) is 4.45. The maximum absolute atomic E-state index is 12.7. The minimum Gasteiger partial charge on any atom is -0.497 e. The first kappa shape index (κ1) is 17.3. The van der Waals surface area contributed by atoms with Gasteiger partial charge >= 0.3 is 12.1 Å². The predicted molar refractivity (Wildman–Crippen MR) is 87.4 cm³/mol. The first-order valence-electron chi connectivity index (χ1n) is 7.93. The van der Waals surface area contributed by atoms with Crippen molar-refractivity contribution in [2.24, 2.45) is 5.92 Å². The van der Waals surface area contributed by atoms with Crippen molar-refractivity contribution in [3.63, 3.8) is 0 Å². The molecule has 1 N–H and O–H groups in total. The smallest absolute Gasteiger partial charge is 0.471 e. The zero-order valence-electron chi connectivity index (χ0n) is 13.8. The van der Waals surface area contributed by atoms with Gasteiger partial charge in [0.25, 0.3) is 0 Å². The van der Waals surface area contributed by atoms with E-state index in [-0.39, 0.29) is 11.8 Å². The first-order valence-corrected chi connectivity index (χ1v) is 7.93. The zero-order valence-corrected chi connectivity index (χ0v) is 13.8. The quantitative estimate of drug-likeness (QED) is 0.902. The molecule has 3 rings (SSSR count). The van der Waals surface area contributed by atoms with E-state index in [0.29, 0.717) is 11.3 Å². The summed E-state index contributed by atoms with van der Waals surface area (Å²) in [6, 6.07) is 14.2. The number of ether oxygens (including phenoxy) is 1. The molecule has 1 aliphatic rings. The molecule has 132 valence electrons. The Morgan fingerprint density at radius 3 is 2.36 bits per heavy atom. The van der Waals surface area contributed by atoms with E-state index in [2.05, 4.69) is 5.32 Å². The number of nitrogens with one attached hydrogen (secondary N) is 1. The largest absolute Gasteiger partial charge is 0.497 e. The van der Waals surface area contributed by atoms with Crippen molar-refractivity contribution >= 4 is 5.91 Å². The predicted octanol–water partition coefficient (Wildman–Crippen LogP) is 4.20. The van der Waals surface area contributed by atoms with Gasteiger partial charge < -0.3 is 10.1 Å². The summed E-state index contributed by atoms with van der Waals surface area (Å²) in [6.07, 6.45) is -4.91. The minimum absolute atomic E-state index is 0.0966. The van der Waals surface area contributed by atoms with Crippen molar-refractivity contribution in [2.75, 3.05) is 7.11 Å². The van der Waals surface area contributed by atoms with E-state index in [1.165, 1.54) is 7.11 Å². The molecule has 0 saturated carbocycles. The molecule has 0 radical (unpaired) electrons. The molecule has 3 atom stereocenters. The summed E-state index contributed by atoms with van der Waals surface area (Å²) in [4.78, 5) is 11.5. The third-order valence-electron chi connectivity index (χ3n) is 4.72. The average Bonchev–Trinajstić information content (AvgIpc) is 2.86. The van der Waals surface area contributed by atoms with Gasteiger partial charge in [0.15, 0.2) is 0 Å². The number of carbonyl (C=O) groups excluding carboxylic acids is 1. The van der Waals surface area contributed by atoms with Crippen LogP contribution in [-0.2, 0) is 4.79 Å². The number of amides is 1. The van der Waals surface area contributed by atoms with Gasteiger partial charge in [-0.05, 0) is 34.7 Å². The van der Waals surface area contributed by atoms with Gasteiger partial charge in [0, 0.05) is 5.92 Å². The second kappa shape index (κ2) is 6.43. The molecule has 0 aromatic heterocycles. The van der Waals surface area contributed by atoms with Crippen LogP contribution >= 0.6 is 0 Å². The molecule has 0 fully saturated rings. The van der Waals surface area contributed by atoms with Crippen molar-refractivity contribution in [2.45, 2.75) is 25.1 Å². The van der Waals surface area contributed by atoms with E-state index >= 15 is 0 Å². The number of halogens is 3. The SMILES string of the molecule is COc1ccc2c(c1)[C@@H](NC(=O)C(F)(F)F)[C@H](C)[C@H]2c1ccccc1. The third-order valence-corrected chi connectivity index (χ3v) is 4.72. The molecule has 25 heavy (non-hydrogen) atoms. The Morgan fingerprint density at radius 1 is 1.08 bits per heavy atom. The van der Waals surface area contributed by atoms with Crippen LogP contribution in [0.5, 0.6) is 5.75 Å². The van der Waals surface area contributed by atoms with Gasteiger partial charge in [-0.15, -0.1) is 0 Å². The molecule has 0 heterocycles. The summed E-state index contributed by atoms with van der Waals surface area (Å²) in [5.74, 6) is -1.70. The van der Waals surface area contributed by atoms with Crippen LogP contribution in [-0.4, -0.2) is 19.2 Å². The van der Waals surface area contributed by atoms with E-state index in [9.17, 15) is 18.0 Å². The highest BCUT2D eigenvalue weighted by Gasteiger charge is 2.45. The molecule has 0 bridgehead atoms. The Hall–Kier alpha value is -2.50. The zero-order chi connectivity index (χ0) is 18.2. The Labute approximate surface area is 143 Å². The van der Waals surface area contributed by atoms with E-state index in [1.54, 1.807) is 12.1 Å². The maximum Gasteiger partial charge on any atom is 0.471 e. The van der Waals surface area contributed by atoms with Crippen LogP contribution in [0.2, 0.25) is 0 Å². The Bertz CT molecular complexity index is 774. The number of methoxy groups -OCH3 is 1. The van der Waals surface area contributed by atoms with E-state index in [1.807, 2.05) is 43.3 Å². The fourth-order valence-corrected chi connectivity index (χ4v) is 3.57. The molecule has 0 spiro atoms. The number of hydrogen-bond acceptors (Lipinski definition) is 2. The molecule has 0 aliphatic heterocycles. The summed E-state index contributed by atoms with van der Waals surface area (Å²) in [5, 5.41) is 2.16. The van der Waals surface area contributed by atoms with Crippen molar-refractivity contribution in [1.82, 2.24) is 5.32 Å². The molecular weight excluding hydrogens is 331 g/mol. The lowest BCUT2D eigenvalue weighted by Gasteiger charge is -2.23. The second-order valence-corrected chi connectivity index (χ2v) is 6.19. The Balaban J connectivity index is 2.04. The molecule has 2 aromatic rings. The van der Waals surface area contributed by atoms with E-state index < -0.39 is 18.1 Å². The van der Waals surface area contributed by atoms with E-state index in [4.69, 9.17) is 4.74 Å². The molecule has 2 aromatic carbocycles. The van der Waals surface area contributed by atoms with Gasteiger partial charge in [-0.1, -0.05) is 43.3 Å². The summed E-state index contributed by atoms with van der Waals surface area (Å²) < 4.78 is 43.4. The molecule has 1 aliphatic carbocycles. The topological polar surface area (TPSA) is 38.3 Å². The first-order chi connectivity index (χ1) is 11.8. The van der Waals surface area contributed by atoms with Crippen LogP contribution in [0.3, 0.4) is 0 Å². The number of carbonyl (C=O) groups is 1. The highest BCUT2D eigenvalue weighted by molar-refractivity contribution is 5.82. The van der Waals surface area contributed by atoms with Gasteiger partial charge in [0.2, 0.25) is 0 Å². The molecule has 1 amide bonds. The maximum atomic E-state index is 12.7. The third kappa shape index (κ3) is 3.21. The van der Waals surface area contributed by atoms with Crippen molar-refractivity contribution in [1.29, 1.82) is 0 Å². The summed E-state index contributed by atoms with van der Waals surface area (Å²) in [6.45, 7) is 1.85. The highest BCUT2D eigenvalue weighted by atomic mass is 19.4. The lowest BCUT2D eigenvalue weighted by atomic mass is 9.86. The minimum atomic E-state index is -4.91. The van der Waals surface area contributed by atoms with E-state index in [0.717, 1.165) is 11.1 Å². The monoisotopic (exact) mass is 349 g/mol. The molecule has 0 saturated heterocycles. The fraction of sp³-hybridized carbons (Fsp3) is 0.316. The summed E-state index contributed by atoms with van der Waals surface area (Å²) in [7, 11) is 1.50. The van der Waals surface area contributed by atoms with Gasteiger partial charge in [0.05, 0.1) is 13.2 Å². The summed E-state index contributed by atoms with van der Waals surface area (Å²) >= 11 is 0. The molecular formula is C19H18F3NO2. The van der Waals surface area contributed by atoms with Crippen molar-refractivity contribution in [3.8, 4) is 5.75 Å². The van der Waals surface area contributed by atoms with Crippen LogP contribution in [0.4, 0.5) is 13.2 Å². The standard InChI is InChI=1S/C19H18F3NO2/c1-11-16(12-6-4-3-5-7-12)14-9-8-13(25-2)10-15(14)17(11)23-18(24)19(20,21)22/h3-11,16-17H,1-2H3,(H,23,24)/t11-,16+,17+/m1/s1.